The van der Waals surface area contributed by atoms with Crippen LogP contribution in [0.5, 0.6) is 11.5 Å². The standard InChI is InChI=1S/C26H31N5O6.C2HF3O2/c1-31-9-7-25-21-14-2-3-17(32)22(21)37-23(25)18(4-6-26(25,35)19(31)10-14)36-24(34)16(30-20(33)5-8-27)11-15-12-28-13-29-15;3-2(4,5)1(6)7/h2-4,12-13,16,19,23,32,35H,5-11,27H2,1H3,(H,28,29)(H,30,33);(H,6,7)/t16-,19?,23-,25-,26-;/m0./s1. The minimum atomic E-state index is -5.08. The molecule has 2 aromatic rings. The quantitative estimate of drug-likeness (QED) is 0.237. The van der Waals surface area contributed by atoms with Gasteiger partial charge in [-0.1, -0.05) is 6.07 Å². The van der Waals surface area contributed by atoms with Crippen LogP contribution >= 0.6 is 0 Å². The Bertz CT molecular complexity index is 1480. The lowest BCUT2D eigenvalue weighted by Gasteiger charge is -2.61. The van der Waals surface area contributed by atoms with Gasteiger partial charge in [-0.25, -0.2) is 14.6 Å². The van der Waals surface area contributed by atoms with Crippen LogP contribution in [0.4, 0.5) is 13.2 Å². The molecule has 1 aromatic heterocycles. The number of nitrogens with two attached hydrogens (primary N) is 1. The molecule has 2 bridgehead atoms. The number of aromatic hydroxyl groups is 1. The van der Waals surface area contributed by atoms with E-state index in [-0.39, 0.29) is 49.3 Å². The third-order valence-corrected chi connectivity index (χ3v) is 8.78. The van der Waals surface area contributed by atoms with Crippen molar-refractivity contribution >= 4 is 17.8 Å². The number of likely N-dealkylation sites (tertiary alicyclic amines) is 1. The molecule has 1 unspecified atom stereocenters. The lowest BCUT2D eigenvalue weighted by molar-refractivity contribution is -0.192. The summed E-state index contributed by atoms with van der Waals surface area (Å²) in [6, 6.07) is 2.38. The number of likely N-dealkylation sites (N-methyl/N-ethyl adjacent to an activating group) is 1. The highest BCUT2D eigenvalue weighted by atomic mass is 19.4. The maximum atomic E-state index is 13.5. The van der Waals surface area contributed by atoms with Crippen LogP contribution in [0.25, 0.3) is 0 Å². The number of hydrogen-bond acceptors (Lipinski definition) is 10. The first-order chi connectivity index (χ1) is 20.7. The Morgan fingerprint density at radius 3 is 2.70 bits per heavy atom. The van der Waals surface area contributed by atoms with Crippen molar-refractivity contribution in [2.45, 2.75) is 67.5 Å². The van der Waals surface area contributed by atoms with Gasteiger partial charge in [0.05, 0.1) is 17.3 Å². The molecule has 1 amide bonds. The predicted molar refractivity (Wildman–Crippen MR) is 144 cm³/mol. The summed E-state index contributed by atoms with van der Waals surface area (Å²) >= 11 is 0. The molecule has 1 fully saturated rings. The topological polar surface area (TPSA) is 200 Å². The first-order valence-corrected chi connectivity index (χ1v) is 13.9. The fourth-order valence-electron chi connectivity index (χ4n) is 6.83. The second kappa shape index (κ2) is 11.4. The summed E-state index contributed by atoms with van der Waals surface area (Å²) in [5.41, 5.74) is 5.99. The van der Waals surface area contributed by atoms with Gasteiger partial charge >= 0.3 is 18.1 Å². The van der Waals surface area contributed by atoms with Gasteiger partial charge in [-0.2, -0.15) is 13.2 Å². The van der Waals surface area contributed by atoms with E-state index in [2.05, 4.69) is 20.2 Å². The van der Waals surface area contributed by atoms with Gasteiger partial charge in [-0.05, 0) is 44.1 Å². The predicted octanol–water partition coefficient (Wildman–Crippen LogP) is 0.646. The number of carboxylic acids is 1. The van der Waals surface area contributed by atoms with Gasteiger partial charge in [0.1, 0.15) is 11.8 Å². The van der Waals surface area contributed by atoms with Crippen molar-refractivity contribution in [3.05, 3.63) is 53.3 Å². The summed E-state index contributed by atoms with van der Waals surface area (Å²) in [6.45, 7) is 0.875. The zero-order valence-electron chi connectivity index (χ0n) is 23.6. The highest BCUT2D eigenvalue weighted by molar-refractivity contribution is 5.85. The van der Waals surface area contributed by atoms with Gasteiger partial charge in [0.2, 0.25) is 5.91 Å². The number of hydrogen-bond donors (Lipinski definition) is 6. The van der Waals surface area contributed by atoms with Gasteiger partial charge in [0.15, 0.2) is 17.6 Å². The molecular weight excluding hydrogens is 591 g/mol. The Hall–Kier alpha value is -4.15. The summed E-state index contributed by atoms with van der Waals surface area (Å²) < 4.78 is 44.0. The number of imidazole rings is 1. The van der Waals surface area contributed by atoms with E-state index in [9.17, 15) is 33.0 Å². The number of phenols is 1. The van der Waals surface area contributed by atoms with Crippen LogP contribution in [0.1, 0.15) is 36.1 Å². The third kappa shape index (κ3) is 5.16. The van der Waals surface area contributed by atoms with E-state index < -0.39 is 41.3 Å². The molecule has 1 saturated heterocycles. The molecule has 238 valence electrons. The number of aliphatic hydroxyl groups is 1. The zero-order valence-corrected chi connectivity index (χ0v) is 23.6. The lowest BCUT2D eigenvalue weighted by atomic mass is 9.50. The number of rotatable bonds is 7. The Balaban J connectivity index is 0.000000493. The van der Waals surface area contributed by atoms with E-state index in [0.29, 0.717) is 24.3 Å². The molecule has 1 spiro atoms. The molecule has 7 N–H and O–H groups in total. The molecule has 2 aliphatic carbocycles. The number of amides is 1. The number of esters is 1. The van der Waals surface area contributed by atoms with Gasteiger partial charge in [-0.3, -0.25) is 4.79 Å². The van der Waals surface area contributed by atoms with Crippen LogP contribution in [0.2, 0.25) is 0 Å². The molecule has 0 radical (unpaired) electrons. The minimum absolute atomic E-state index is 0.000834. The van der Waals surface area contributed by atoms with Crippen molar-refractivity contribution < 1.29 is 52.3 Å². The number of nitrogens with one attached hydrogen (secondary N) is 2. The molecule has 6 rings (SSSR count). The average Bonchev–Trinajstić information content (AvgIpc) is 3.59. The van der Waals surface area contributed by atoms with Crippen LogP contribution in [0.15, 0.2) is 36.5 Å². The fourth-order valence-corrected chi connectivity index (χ4v) is 6.83. The van der Waals surface area contributed by atoms with E-state index in [1.165, 1.54) is 6.33 Å². The van der Waals surface area contributed by atoms with Gasteiger partial charge in [-0.15, -0.1) is 0 Å². The van der Waals surface area contributed by atoms with Crippen LogP contribution < -0.4 is 15.8 Å². The smallest absolute Gasteiger partial charge is 0.490 e. The van der Waals surface area contributed by atoms with E-state index in [1.54, 1.807) is 18.3 Å². The number of nitrogens with zero attached hydrogens (tertiary/aromatic N) is 2. The number of phenolic OH excluding ortho intramolecular Hbond substituents is 1. The van der Waals surface area contributed by atoms with E-state index in [0.717, 1.165) is 17.7 Å². The average molecular weight is 624 g/mol. The largest absolute Gasteiger partial charge is 0.504 e. The first-order valence-electron chi connectivity index (χ1n) is 13.9. The highest BCUT2D eigenvalue weighted by Gasteiger charge is 2.72. The second-order valence-electron chi connectivity index (χ2n) is 11.3. The summed E-state index contributed by atoms with van der Waals surface area (Å²) in [4.78, 5) is 43.8. The first kappa shape index (κ1) is 31.3. The number of halogens is 3. The Kier molecular flexibility index (Phi) is 8.11. The number of ether oxygens (including phenoxy) is 2. The van der Waals surface area contributed by atoms with Crippen molar-refractivity contribution in [3.8, 4) is 11.5 Å². The van der Waals surface area contributed by atoms with Crippen molar-refractivity contribution in [1.82, 2.24) is 20.2 Å². The van der Waals surface area contributed by atoms with Gasteiger partial charge in [0, 0.05) is 49.3 Å². The Morgan fingerprint density at radius 2 is 2.07 bits per heavy atom. The van der Waals surface area contributed by atoms with Crippen LogP contribution in [0.3, 0.4) is 0 Å². The molecule has 16 heteroatoms. The van der Waals surface area contributed by atoms with E-state index in [1.807, 2.05) is 13.1 Å². The highest BCUT2D eigenvalue weighted by Crippen LogP contribution is 2.65. The molecule has 0 saturated carbocycles. The zero-order chi connectivity index (χ0) is 32.0. The molecule has 44 heavy (non-hydrogen) atoms. The minimum Gasteiger partial charge on any atom is -0.504 e. The normalized spacial score (nSPS) is 27.1. The molecule has 13 nitrogen and oxygen atoms in total. The number of H-pyrrole nitrogens is 1. The van der Waals surface area contributed by atoms with E-state index >= 15 is 0 Å². The molecule has 2 aliphatic heterocycles. The summed E-state index contributed by atoms with van der Waals surface area (Å²) in [5, 5.41) is 32.7. The number of carbonyl (C=O) groups excluding carboxylic acids is 2. The monoisotopic (exact) mass is 623 g/mol. The van der Waals surface area contributed by atoms with Gasteiger partial charge in [0.25, 0.3) is 0 Å². The van der Waals surface area contributed by atoms with Crippen molar-refractivity contribution in [2.75, 3.05) is 20.1 Å². The van der Waals surface area contributed by atoms with E-state index in [4.69, 9.17) is 25.1 Å². The maximum absolute atomic E-state index is 13.5. The SMILES string of the molecule is CN1CC[C@]23c4c5ccc(O)c4O[C@H]2C(OC(=O)[C@H](Cc2cnc[nH]2)NC(=O)CCN)=CC[C@]3(O)C1C5.O=C(O)C(F)(F)F. The van der Waals surface area contributed by atoms with Crippen molar-refractivity contribution in [3.63, 3.8) is 0 Å². The number of piperidine rings is 1. The number of aliphatic carboxylic acids is 1. The van der Waals surface area contributed by atoms with Crippen LogP contribution in [-0.4, -0.2) is 98.1 Å². The number of benzene rings is 1. The number of carboxylic acid groups (broad SMARTS) is 1. The molecule has 1 aromatic carbocycles. The molecular formula is C28H32F3N5O8. The Labute approximate surface area is 248 Å². The summed E-state index contributed by atoms with van der Waals surface area (Å²) in [7, 11) is 2.01. The van der Waals surface area contributed by atoms with Gasteiger partial charge < -0.3 is 45.7 Å². The number of carbonyl (C=O) groups is 3. The summed E-state index contributed by atoms with van der Waals surface area (Å²) in [6.07, 6.45) is 0.623. The molecule has 4 aliphatic rings. The Morgan fingerprint density at radius 1 is 1.34 bits per heavy atom. The summed E-state index contributed by atoms with van der Waals surface area (Å²) in [5.74, 6) is -3.15. The molecule has 5 atom stereocenters. The van der Waals surface area contributed by atoms with Crippen molar-refractivity contribution in [1.29, 1.82) is 0 Å². The van der Waals surface area contributed by atoms with Crippen LogP contribution in [0, 0.1) is 0 Å². The molecule has 3 heterocycles. The second-order valence-corrected chi connectivity index (χ2v) is 11.3. The number of alkyl halides is 3. The number of aromatic amines is 1. The lowest BCUT2D eigenvalue weighted by Crippen LogP contribution is -2.74. The number of aromatic nitrogens is 2. The third-order valence-electron chi connectivity index (χ3n) is 8.78. The fraction of sp³-hybridized carbons (Fsp3) is 0.500. The van der Waals surface area contributed by atoms with Crippen molar-refractivity contribution in [2.24, 2.45) is 5.73 Å². The van der Waals surface area contributed by atoms with Crippen LogP contribution in [-0.2, 0) is 37.4 Å². The maximum Gasteiger partial charge on any atom is 0.490 e.